The van der Waals surface area contributed by atoms with E-state index in [1.54, 1.807) is 12.1 Å². The Bertz CT molecular complexity index is 1010. The van der Waals surface area contributed by atoms with Crippen molar-refractivity contribution in [2.45, 2.75) is 17.7 Å². The Morgan fingerprint density at radius 1 is 1.15 bits per heavy atom. The van der Waals surface area contributed by atoms with Crippen molar-refractivity contribution in [2.75, 3.05) is 16.4 Å². The number of amides is 1. The predicted octanol–water partition coefficient (Wildman–Crippen LogP) is 3.18. The minimum absolute atomic E-state index is 0.0586. The van der Waals surface area contributed by atoms with Gasteiger partial charge in [0.15, 0.2) is 15.0 Å². The summed E-state index contributed by atoms with van der Waals surface area (Å²) < 4.78 is 24.2. The number of anilines is 1. The number of fused-ring (bicyclic) bond motifs is 1. The van der Waals surface area contributed by atoms with E-state index in [1.165, 1.54) is 11.8 Å². The summed E-state index contributed by atoms with van der Waals surface area (Å²) in [6.45, 7) is 0. The first-order valence-corrected chi connectivity index (χ1v) is 11.6. The molecule has 2 heterocycles. The summed E-state index contributed by atoms with van der Waals surface area (Å²) in [6.07, 6.45) is 0.210. The third-order valence-corrected chi connectivity index (χ3v) is 8.02. The van der Waals surface area contributed by atoms with Crippen LogP contribution >= 0.6 is 23.4 Å². The van der Waals surface area contributed by atoms with Crippen LogP contribution in [0.25, 0.3) is 0 Å². The molecule has 0 aromatic heterocycles. The number of nitrogens with zero attached hydrogens (tertiary/aromatic N) is 2. The van der Waals surface area contributed by atoms with Crippen LogP contribution in [-0.2, 0) is 21.1 Å². The first-order chi connectivity index (χ1) is 12.9. The quantitative estimate of drug-likeness (QED) is 0.762. The number of hydrogen-bond acceptors (Lipinski definition) is 4. The number of carbonyl (C=O) groups is 1. The van der Waals surface area contributed by atoms with Crippen LogP contribution in [0.1, 0.15) is 5.56 Å². The summed E-state index contributed by atoms with van der Waals surface area (Å²) in [7, 11) is -3.09. The number of thioether (sulfide) groups is 1. The molecule has 0 radical (unpaired) electrons. The molecule has 0 spiro atoms. The Labute approximate surface area is 167 Å². The highest BCUT2D eigenvalue weighted by molar-refractivity contribution is 8.16. The van der Waals surface area contributed by atoms with Crippen molar-refractivity contribution in [1.82, 2.24) is 0 Å². The summed E-state index contributed by atoms with van der Waals surface area (Å²) in [5, 5.41) is 0.970. The van der Waals surface area contributed by atoms with Crippen LogP contribution < -0.4 is 4.90 Å². The van der Waals surface area contributed by atoms with Gasteiger partial charge in [0.05, 0.1) is 24.0 Å². The van der Waals surface area contributed by atoms with Crippen LogP contribution in [0.5, 0.6) is 0 Å². The molecule has 2 aliphatic rings. The van der Waals surface area contributed by atoms with Gasteiger partial charge >= 0.3 is 0 Å². The van der Waals surface area contributed by atoms with Crippen molar-refractivity contribution >= 4 is 50.0 Å². The molecule has 1 amide bonds. The van der Waals surface area contributed by atoms with Gasteiger partial charge in [0.1, 0.15) is 0 Å². The highest BCUT2D eigenvalue weighted by atomic mass is 35.5. The molecule has 0 N–H and O–H groups in total. The van der Waals surface area contributed by atoms with E-state index >= 15 is 0 Å². The maximum atomic E-state index is 12.5. The maximum absolute atomic E-state index is 12.5. The maximum Gasteiger partial charge on any atom is 0.252 e. The lowest BCUT2D eigenvalue weighted by atomic mass is 10.1. The molecule has 0 bridgehead atoms. The Hall–Kier alpha value is -1.83. The highest BCUT2D eigenvalue weighted by Crippen LogP contribution is 2.41. The third kappa shape index (κ3) is 4.05. The minimum Gasteiger partial charge on any atom is -0.316 e. The van der Waals surface area contributed by atoms with Crippen LogP contribution in [-0.4, -0.2) is 42.3 Å². The van der Waals surface area contributed by atoms with Crippen molar-refractivity contribution in [1.29, 1.82) is 0 Å². The standard InChI is InChI=1S/C19H17ClN2O3S2/c20-14-7-4-8-15(10-14)22-16-11-27(24,25)12-17(16)26-19(22)21-18(23)9-13-5-2-1-3-6-13/h1-8,10,16-17H,9,11-12H2/t16-,17+/m0/s1. The molecule has 0 saturated carbocycles. The fourth-order valence-corrected chi connectivity index (χ4v) is 7.52. The number of halogens is 1. The minimum atomic E-state index is -3.09. The van der Waals surface area contributed by atoms with Gasteiger partial charge in [0.2, 0.25) is 0 Å². The van der Waals surface area contributed by atoms with Gasteiger partial charge < -0.3 is 4.90 Å². The van der Waals surface area contributed by atoms with E-state index in [1.807, 2.05) is 47.4 Å². The number of amidine groups is 1. The summed E-state index contributed by atoms with van der Waals surface area (Å²) in [6, 6.07) is 16.4. The van der Waals surface area contributed by atoms with Crippen LogP contribution in [0.2, 0.25) is 5.02 Å². The molecule has 0 aliphatic carbocycles. The zero-order valence-electron chi connectivity index (χ0n) is 14.3. The van der Waals surface area contributed by atoms with Gasteiger partial charge in [0, 0.05) is 16.0 Å². The molecule has 2 saturated heterocycles. The van der Waals surface area contributed by atoms with E-state index in [-0.39, 0.29) is 35.1 Å². The highest BCUT2D eigenvalue weighted by Gasteiger charge is 2.49. The van der Waals surface area contributed by atoms with Gasteiger partial charge in [-0.25, -0.2) is 8.42 Å². The van der Waals surface area contributed by atoms with Crippen molar-refractivity contribution in [2.24, 2.45) is 4.99 Å². The fraction of sp³-hybridized carbons (Fsp3) is 0.263. The van der Waals surface area contributed by atoms with E-state index < -0.39 is 9.84 Å². The summed E-state index contributed by atoms with van der Waals surface area (Å²) in [5.41, 5.74) is 1.65. The van der Waals surface area contributed by atoms with Crippen LogP contribution in [0.3, 0.4) is 0 Å². The molecular formula is C19H17ClN2O3S2. The number of rotatable bonds is 3. The number of benzene rings is 2. The Morgan fingerprint density at radius 2 is 1.93 bits per heavy atom. The second kappa shape index (κ2) is 7.30. The van der Waals surface area contributed by atoms with E-state index in [4.69, 9.17) is 11.6 Å². The molecule has 27 heavy (non-hydrogen) atoms. The lowest BCUT2D eigenvalue weighted by Gasteiger charge is -2.24. The molecule has 2 aliphatic heterocycles. The molecule has 8 heteroatoms. The lowest BCUT2D eigenvalue weighted by molar-refractivity contribution is -0.117. The van der Waals surface area contributed by atoms with Crippen LogP contribution in [0.15, 0.2) is 59.6 Å². The van der Waals surface area contributed by atoms with E-state index in [9.17, 15) is 13.2 Å². The van der Waals surface area contributed by atoms with Gasteiger partial charge in [-0.2, -0.15) is 4.99 Å². The predicted molar refractivity (Wildman–Crippen MR) is 110 cm³/mol. The molecule has 140 valence electrons. The number of hydrogen-bond donors (Lipinski definition) is 0. The second-order valence-corrected chi connectivity index (χ2v) is 10.4. The third-order valence-electron chi connectivity index (χ3n) is 4.57. The molecule has 2 aromatic carbocycles. The second-order valence-electron chi connectivity index (χ2n) is 6.60. The molecule has 2 aromatic rings. The SMILES string of the molecule is O=C(Cc1ccccc1)N=C1S[C@@H]2CS(=O)(=O)C[C@@H]2N1c1cccc(Cl)c1. The van der Waals surface area contributed by atoms with E-state index in [2.05, 4.69) is 4.99 Å². The largest absolute Gasteiger partial charge is 0.316 e. The first kappa shape index (κ1) is 18.5. The molecule has 2 fully saturated rings. The molecule has 5 nitrogen and oxygen atoms in total. The van der Waals surface area contributed by atoms with Crippen molar-refractivity contribution in [3.63, 3.8) is 0 Å². The summed E-state index contributed by atoms with van der Waals surface area (Å²) in [4.78, 5) is 18.7. The Morgan fingerprint density at radius 3 is 2.67 bits per heavy atom. The fourth-order valence-electron chi connectivity index (χ4n) is 3.41. The topological polar surface area (TPSA) is 66.8 Å². The van der Waals surface area contributed by atoms with Gasteiger partial charge in [0.25, 0.3) is 5.91 Å². The Balaban J connectivity index is 1.65. The molecule has 2 atom stereocenters. The van der Waals surface area contributed by atoms with E-state index in [0.717, 1.165) is 11.3 Å². The zero-order valence-corrected chi connectivity index (χ0v) is 16.7. The molecule has 4 rings (SSSR count). The summed E-state index contributed by atoms with van der Waals surface area (Å²) >= 11 is 7.49. The average Bonchev–Trinajstić information content (AvgIpc) is 3.06. The monoisotopic (exact) mass is 420 g/mol. The van der Waals surface area contributed by atoms with E-state index in [0.29, 0.717) is 10.2 Å². The average molecular weight is 421 g/mol. The molecular weight excluding hydrogens is 404 g/mol. The van der Waals surface area contributed by atoms with Crippen molar-refractivity contribution < 1.29 is 13.2 Å². The number of carbonyl (C=O) groups excluding carboxylic acids is 1. The summed E-state index contributed by atoms with van der Waals surface area (Å²) in [5.74, 6) is -0.0903. The van der Waals surface area contributed by atoms with Gasteiger partial charge in [-0.05, 0) is 23.8 Å². The first-order valence-electron chi connectivity index (χ1n) is 8.49. The van der Waals surface area contributed by atoms with Gasteiger partial charge in [-0.3, -0.25) is 4.79 Å². The lowest BCUT2D eigenvalue weighted by Crippen LogP contribution is -2.37. The van der Waals surface area contributed by atoms with Crippen LogP contribution in [0, 0.1) is 0 Å². The van der Waals surface area contributed by atoms with Gasteiger partial charge in [-0.1, -0.05) is 59.8 Å². The number of aliphatic imine (C=N–C) groups is 1. The van der Waals surface area contributed by atoms with Gasteiger partial charge in [-0.15, -0.1) is 0 Å². The zero-order chi connectivity index (χ0) is 19.0. The Kier molecular flexibility index (Phi) is 5.01. The normalized spacial score (nSPS) is 24.9. The molecule has 0 unspecified atom stereocenters. The van der Waals surface area contributed by atoms with Crippen molar-refractivity contribution in [3.8, 4) is 0 Å². The smallest absolute Gasteiger partial charge is 0.252 e. The number of sulfone groups is 1. The van der Waals surface area contributed by atoms with Crippen LogP contribution in [0.4, 0.5) is 5.69 Å². The van der Waals surface area contributed by atoms with Crippen molar-refractivity contribution in [3.05, 3.63) is 65.2 Å².